The second-order valence-electron chi connectivity index (χ2n) is 8.96. The van der Waals surface area contributed by atoms with Crippen molar-refractivity contribution in [2.75, 3.05) is 7.11 Å². The van der Waals surface area contributed by atoms with Gasteiger partial charge in [-0.15, -0.1) is 0 Å². The Morgan fingerprint density at radius 3 is 1.56 bits per heavy atom. The van der Waals surface area contributed by atoms with Crippen molar-refractivity contribution in [1.29, 1.82) is 0 Å². The molecule has 0 saturated carbocycles. The summed E-state index contributed by atoms with van der Waals surface area (Å²) in [6.45, 7) is 2.20. The molecule has 0 radical (unpaired) electrons. The third-order valence-electron chi connectivity index (χ3n) is 5.96. The van der Waals surface area contributed by atoms with Gasteiger partial charge < -0.3 is 9.84 Å². The number of aryl methyl sites for hydroxylation is 1. The molecule has 220 valence electrons. The number of carboxylic acids is 1. The van der Waals surface area contributed by atoms with Gasteiger partial charge in [0.25, 0.3) is 10.1 Å². The van der Waals surface area contributed by atoms with Crippen LogP contribution in [0.2, 0.25) is 0 Å². The van der Waals surface area contributed by atoms with Crippen molar-refractivity contribution in [1.82, 2.24) is 0 Å². The third kappa shape index (κ3) is 10.0. The molecule has 0 bridgehead atoms. The first kappa shape index (κ1) is 32.9. The van der Waals surface area contributed by atoms with E-state index >= 15 is 0 Å². The molecule has 0 aromatic heterocycles. The molecule has 0 unspecified atom stereocenters. The van der Waals surface area contributed by atoms with Crippen molar-refractivity contribution in [2.45, 2.75) is 11.8 Å². The van der Waals surface area contributed by atoms with Crippen LogP contribution in [0, 0.1) is 6.92 Å². The molecule has 0 aliphatic heterocycles. The van der Waals surface area contributed by atoms with Gasteiger partial charge in [0.2, 0.25) is 0 Å². The van der Waals surface area contributed by atoms with Crippen molar-refractivity contribution in [3.05, 3.63) is 156 Å². The van der Waals surface area contributed by atoms with E-state index in [2.05, 4.69) is 96.6 Å². The molecule has 9 heteroatoms. The van der Waals surface area contributed by atoms with Crippen LogP contribution in [0.3, 0.4) is 0 Å². The number of methoxy groups -OCH3 is 1. The van der Waals surface area contributed by atoms with E-state index in [1.165, 1.54) is 65.0 Å². The van der Waals surface area contributed by atoms with E-state index in [0.717, 1.165) is 0 Å². The number of rotatable bonds is 6. The highest BCUT2D eigenvalue weighted by Gasteiger charge is 2.17. The maximum Gasteiger partial charge on any atom is 0.337 e. The van der Waals surface area contributed by atoms with Crippen LogP contribution in [-0.2, 0) is 14.9 Å². The maximum atomic E-state index is 11.0. The summed E-state index contributed by atoms with van der Waals surface area (Å²) in [6.07, 6.45) is 0. The first-order valence-electron chi connectivity index (χ1n) is 13.0. The number of benzene rings is 5. The fraction of sp³-hybridized carbons (Fsp3) is 0.0588. The quantitative estimate of drug-likeness (QED) is 0.140. The summed E-state index contributed by atoms with van der Waals surface area (Å²) in [7, 11) is -3.22. The van der Waals surface area contributed by atoms with Gasteiger partial charge in [0.15, 0.2) is 0 Å². The predicted octanol–water partition coefficient (Wildman–Crippen LogP) is 5.86. The molecule has 7 nitrogen and oxygen atoms in total. The number of ether oxygens (including phenoxy) is 1. The first-order valence-corrected chi connectivity index (χ1v) is 15.8. The number of hydrogen-bond donors (Lipinski definition) is 2. The summed E-state index contributed by atoms with van der Waals surface area (Å²) in [4.78, 5) is 21.4. The Morgan fingerprint density at radius 2 is 1.12 bits per heavy atom. The molecule has 0 fully saturated rings. The maximum absolute atomic E-state index is 11.0. The molecule has 0 aliphatic rings. The number of esters is 1. The average molecular weight is 615 g/mol. The van der Waals surface area contributed by atoms with Crippen molar-refractivity contribution >= 4 is 45.9 Å². The van der Waals surface area contributed by atoms with Crippen LogP contribution in [0.4, 0.5) is 0 Å². The summed E-state index contributed by atoms with van der Waals surface area (Å²) >= 11 is 0. The molecule has 0 saturated heterocycles. The standard InChI is InChI=1S/C19H17P.C9H8O4.C6H6O3S/c1-16-10-8-9-15-19(16)20(17-11-4-2-5-12-17)18-13-6-3-7-14-18;1-13-9(12)7-4-2-3-6(5-7)8(10)11;7-10(8,9)6-4-2-1-3-5-6/h2-15H,1H3;2-5H,1H3,(H,10,11);1-5H,(H,7,8,9). The number of hydrogen-bond acceptors (Lipinski definition) is 5. The Hall–Kier alpha value is -4.62. The SMILES string of the molecule is COC(=O)c1cccc(C(=O)O)c1.Cc1ccccc1P(c1ccccc1)c1ccccc1.O=S(=O)(O)c1ccccc1. The van der Waals surface area contributed by atoms with Crippen molar-refractivity contribution in [3.63, 3.8) is 0 Å². The number of carboxylic acid groups (broad SMARTS) is 1. The molecule has 0 heterocycles. The highest BCUT2D eigenvalue weighted by atomic mass is 32.2. The van der Waals surface area contributed by atoms with E-state index in [1.54, 1.807) is 18.2 Å². The normalized spacial score (nSPS) is 10.4. The van der Waals surface area contributed by atoms with Crippen LogP contribution in [0.15, 0.2) is 144 Å². The molecule has 2 N–H and O–H groups in total. The lowest BCUT2D eigenvalue weighted by Crippen LogP contribution is -2.22. The van der Waals surface area contributed by atoms with E-state index in [1.807, 2.05) is 0 Å². The second-order valence-corrected chi connectivity index (χ2v) is 12.6. The van der Waals surface area contributed by atoms with Gasteiger partial charge in [-0.1, -0.05) is 109 Å². The minimum Gasteiger partial charge on any atom is -0.478 e. The summed E-state index contributed by atoms with van der Waals surface area (Å²) < 4.78 is 33.7. The lowest BCUT2D eigenvalue weighted by atomic mass is 10.1. The van der Waals surface area contributed by atoms with Gasteiger partial charge in [-0.25, -0.2) is 9.59 Å². The molecule has 43 heavy (non-hydrogen) atoms. The molecule has 0 aliphatic carbocycles. The Balaban J connectivity index is 0.000000190. The topological polar surface area (TPSA) is 118 Å². The number of carbonyl (C=O) groups excluding carboxylic acids is 1. The lowest BCUT2D eigenvalue weighted by Gasteiger charge is -2.21. The summed E-state index contributed by atoms with van der Waals surface area (Å²) in [5.74, 6) is -1.60. The van der Waals surface area contributed by atoms with E-state index in [4.69, 9.17) is 9.66 Å². The van der Waals surface area contributed by atoms with Gasteiger partial charge in [-0.3, -0.25) is 4.55 Å². The van der Waals surface area contributed by atoms with E-state index in [9.17, 15) is 18.0 Å². The van der Waals surface area contributed by atoms with Gasteiger partial charge >= 0.3 is 11.9 Å². The monoisotopic (exact) mass is 614 g/mol. The average Bonchev–Trinajstić information content (AvgIpc) is 3.03. The highest BCUT2D eigenvalue weighted by molar-refractivity contribution is 7.85. The summed E-state index contributed by atoms with van der Waals surface area (Å²) in [6, 6.07) is 43.5. The molecule has 5 aromatic carbocycles. The molecule has 5 rings (SSSR count). The minimum atomic E-state index is -4.00. The van der Waals surface area contributed by atoms with Gasteiger partial charge in [0.1, 0.15) is 0 Å². The van der Waals surface area contributed by atoms with Crippen LogP contribution < -0.4 is 15.9 Å². The van der Waals surface area contributed by atoms with E-state index < -0.39 is 30.0 Å². The van der Waals surface area contributed by atoms with Gasteiger partial charge in [-0.2, -0.15) is 8.42 Å². The molecule has 0 spiro atoms. The summed E-state index contributed by atoms with van der Waals surface area (Å²) in [5, 5.41) is 12.9. The zero-order chi connectivity index (χ0) is 31.2. The fourth-order valence-corrected chi connectivity index (χ4v) is 6.84. The zero-order valence-corrected chi connectivity index (χ0v) is 25.3. The smallest absolute Gasteiger partial charge is 0.337 e. The molecule has 5 aromatic rings. The predicted molar refractivity (Wildman–Crippen MR) is 171 cm³/mol. The highest BCUT2D eigenvalue weighted by Crippen LogP contribution is 2.33. The molecule has 0 amide bonds. The van der Waals surface area contributed by atoms with Crippen LogP contribution in [-0.4, -0.2) is 37.1 Å². The summed E-state index contributed by atoms with van der Waals surface area (Å²) in [5.41, 5.74) is 1.68. The second kappa shape index (κ2) is 16.1. The minimum absolute atomic E-state index is 0.0721. The zero-order valence-electron chi connectivity index (χ0n) is 23.6. The van der Waals surface area contributed by atoms with Crippen LogP contribution in [0.1, 0.15) is 26.3 Å². The van der Waals surface area contributed by atoms with Gasteiger partial charge in [0, 0.05) is 0 Å². The number of aromatic carboxylic acids is 1. The first-order chi connectivity index (χ1) is 20.6. The Labute approximate surface area is 252 Å². The Bertz CT molecular complexity index is 1690. The van der Waals surface area contributed by atoms with Gasteiger partial charge in [0.05, 0.1) is 23.1 Å². The van der Waals surface area contributed by atoms with E-state index in [0.29, 0.717) is 0 Å². The van der Waals surface area contributed by atoms with Gasteiger partial charge in [-0.05, 0) is 66.7 Å². The molecule has 0 atom stereocenters. The molecular formula is C34H31O7PS. The van der Waals surface area contributed by atoms with Crippen molar-refractivity contribution < 1.29 is 32.4 Å². The van der Waals surface area contributed by atoms with Crippen molar-refractivity contribution in [3.8, 4) is 0 Å². The van der Waals surface area contributed by atoms with Crippen LogP contribution >= 0.6 is 7.92 Å². The largest absolute Gasteiger partial charge is 0.478 e. The Kier molecular flexibility index (Phi) is 12.3. The Morgan fingerprint density at radius 1 is 0.651 bits per heavy atom. The third-order valence-corrected chi connectivity index (χ3v) is 9.44. The van der Waals surface area contributed by atoms with Crippen LogP contribution in [0.25, 0.3) is 0 Å². The lowest BCUT2D eigenvalue weighted by molar-refractivity contribution is 0.0600. The van der Waals surface area contributed by atoms with Crippen molar-refractivity contribution in [2.24, 2.45) is 0 Å². The fourth-order valence-electron chi connectivity index (χ4n) is 3.89. The van der Waals surface area contributed by atoms with E-state index in [-0.39, 0.29) is 16.0 Å². The number of carbonyl (C=O) groups is 2. The molecular weight excluding hydrogens is 583 g/mol. The van der Waals surface area contributed by atoms with Crippen LogP contribution in [0.5, 0.6) is 0 Å².